The number of rotatable bonds is 11. The lowest BCUT2D eigenvalue weighted by molar-refractivity contribution is 0.583. The zero-order valence-corrected chi connectivity index (χ0v) is 10.3. The Kier molecular flexibility index (Phi) is 13.5. The quantitative estimate of drug-likeness (QED) is 0.310. The first-order valence-electron chi connectivity index (χ1n) is 6.65. The Morgan fingerprint density at radius 3 is 1.67 bits per heavy atom. The molecule has 88 valence electrons. The number of hydrogen-bond donors (Lipinski definition) is 0. The summed E-state index contributed by atoms with van der Waals surface area (Å²) < 4.78 is 0. The Hall–Kier alpha value is -0.260. The average molecular weight is 208 g/mol. The van der Waals surface area contributed by atoms with E-state index in [1.54, 1.807) is 0 Å². The van der Waals surface area contributed by atoms with Crippen LogP contribution < -0.4 is 0 Å². The molecule has 0 heteroatoms. The van der Waals surface area contributed by atoms with Crippen molar-refractivity contribution in [3.8, 4) is 0 Å². The van der Waals surface area contributed by atoms with E-state index in [9.17, 15) is 0 Å². The molecule has 0 aliphatic carbocycles. The minimum atomic E-state index is 1.03. The van der Waals surface area contributed by atoms with Crippen molar-refractivity contribution in [3.63, 3.8) is 0 Å². The molecule has 0 fully saturated rings. The van der Waals surface area contributed by atoms with Gasteiger partial charge in [0.15, 0.2) is 0 Å². The van der Waals surface area contributed by atoms with Crippen LogP contribution in [-0.4, -0.2) is 0 Å². The van der Waals surface area contributed by atoms with E-state index in [0.717, 1.165) is 19.3 Å². The normalized spacial score (nSPS) is 11.3. The summed E-state index contributed by atoms with van der Waals surface area (Å²) in [5, 5.41) is 0. The summed E-state index contributed by atoms with van der Waals surface area (Å²) in [5.41, 5.74) is 0. The molecule has 0 aromatic rings. The van der Waals surface area contributed by atoms with Gasteiger partial charge < -0.3 is 0 Å². The lowest BCUT2D eigenvalue weighted by atomic mass is 10.1. The van der Waals surface area contributed by atoms with E-state index < -0.39 is 0 Å². The van der Waals surface area contributed by atoms with Gasteiger partial charge in [-0.3, -0.25) is 0 Å². The van der Waals surface area contributed by atoms with Crippen LogP contribution in [-0.2, 0) is 0 Å². The molecule has 2 radical (unpaired) electrons. The molecule has 0 heterocycles. The van der Waals surface area contributed by atoms with Crippen LogP contribution in [0.1, 0.15) is 70.6 Å². The molecule has 0 saturated carbocycles. The average Bonchev–Trinajstić information content (AvgIpc) is 2.26. The van der Waals surface area contributed by atoms with E-state index in [0.29, 0.717) is 0 Å². The van der Waals surface area contributed by atoms with Crippen molar-refractivity contribution < 1.29 is 0 Å². The molecule has 0 atom stereocenters. The second-order valence-electron chi connectivity index (χ2n) is 4.23. The highest BCUT2D eigenvalue weighted by molar-refractivity contribution is 4.81. The van der Waals surface area contributed by atoms with Gasteiger partial charge in [0.25, 0.3) is 0 Å². The van der Waals surface area contributed by atoms with Gasteiger partial charge in [0.1, 0.15) is 0 Å². The number of unbranched alkanes of at least 4 members (excludes halogenated alkanes) is 9. The minimum Gasteiger partial charge on any atom is -0.0885 e. The summed E-state index contributed by atoms with van der Waals surface area (Å²) in [6, 6.07) is 0. The van der Waals surface area contributed by atoms with Crippen LogP contribution >= 0.6 is 0 Å². The van der Waals surface area contributed by atoms with Gasteiger partial charge in [-0.15, -0.1) is 0 Å². The Labute approximate surface area is 97.2 Å². The van der Waals surface area contributed by atoms with E-state index >= 15 is 0 Å². The monoisotopic (exact) mass is 208 g/mol. The summed E-state index contributed by atoms with van der Waals surface area (Å²) in [7, 11) is 0. The summed E-state index contributed by atoms with van der Waals surface area (Å²) >= 11 is 0. The van der Waals surface area contributed by atoms with Gasteiger partial charge in [-0.05, 0) is 25.7 Å². The van der Waals surface area contributed by atoms with Crippen LogP contribution in [0.25, 0.3) is 0 Å². The topological polar surface area (TPSA) is 0 Å². The Morgan fingerprint density at radius 1 is 0.533 bits per heavy atom. The first kappa shape index (κ1) is 14.7. The molecule has 0 nitrogen and oxygen atoms in total. The fourth-order valence-corrected chi connectivity index (χ4v) is 1.68. The van der Waals surface area contributed by atoms with Crippen LogP contribution in [0.4, 0.5) is 0 Å². The SMILES string of the molecule is [CH2]CC/C=C/CCCCCCCCC[CH2]. The van der Waals surface area contributed by atoms with Crippen molar-refractivity contribution in [1.82, 2.24) is 0 Å². The van der Waals surface area contributed by atoms with Crippen molar-refractivity contribution in [2.24, 2.45) is 0 Å². The molecule has 15 heavy (non-hydrogen) atoms. The van der Waals surface area contributed by atoms with E-state index in [2.05, 4.69) is 26.0 Å². The Bertz CT molecular complexity index is 124. The first-order valence-corrected chi connectivity index (χ1v) is 6.65. The third kappa shape index (κ3) is 13.7. The maximum Gasteiger partial charge on any atom is -0.0351 e. The molecule has 0 N–H and O–H groups in total. The number of hydrogen-bond acceptors (Lipinski definition) is 0. The Balaban J connectivity index is 2.92. The lowest BCUT2D eigenvalue weighted by Crippen LogP contribution is -1.79. The van der Waals surface area contributed by atoms with Gasteiger partial charge in [0.05, 0.1) is 0 Å². The third-order valence-electron chi connectivity index (χ3n) is 2.66. The summed E-state index contributed by atoms with van der Waals surface area (Å²) in [6.45, 7) is 7.67. The van der Waals surface area contributed by atoms with Crippen molar-refractivity contribution in [3.05, 3.63) is 26.0 Å². The molecular formula is C15H28. The van der Waals surface area contributed by atoms with Gasteiger partial charge in [0, 0.05) is 0 Å². The fourth-order valence-electron chi connectivity index (χ4n) is 1.68. The van der Waals surface area contributed by atoms with E-state index in [1.165, 1.54) is 51.4 Å². The predicted octanol–water partition coefficient (Wildman–Crippen LogP) is 5.50. The molecule has 0 saturated heterocycles. The molecule has 0 aromatic carbocycles. The van der Waals surface area contributed by atoms with Gasteiger partial charge in [-0.25, -0.2) is 0 Å². The largest absolute Gasteiger partial charge is 0.0885 e. The van der Waals surface area contributed by atoms with Crippen LogP contribution in [0.3, 0.4) is 0 Å². The van der Waals surface area contributed by atoms with Crippen LogP contribution in [0.2, 0.25) is 0 Å². The predicted molar refractivity (Wildman–Crippen MR) is 70.6 cm³/mol. The third-order valence-corrected chi connectivity index (χ3v) is 2.66. The molecule has 0 aliphatic rings. The fraction of sp³-hybridized carbons (Fsp3) is 0.733. The summed E-state index contributed by atoms with van der Waals surface area (Å²) in [4.78, 5) is 0. The molecule has 0 bridgehead atoms. The minimum absolute atomic E-state index is 1.03. The van der Waals surface area contributed by atoms with E-state index in [4.69, 9.17) is 0 Å². The van der Waals surface area contributed by atoms with Crippen LogP contribution in [0, 0.1) is 13.8 Å². The molecule has 0 unspecified atom stereocenters. The van der Waals surface area contributed by atoms with E-state index in [1.807, 2.05) is 0 Å². The maximum atomic E-state index is 3.86. The van der Waals surface area contributed by atoms with Crippen LogP contribution in [0.15, 0.2) is 12.2 Å². The lowest BCUT2D eigenvalue weighted by Gasteiger charge is -1.99. The van der Waals surface area contributed by atoms with Gasteiger partial charge >= 0.3 is 0 Å². The summed E-state index contributed by atoms with van der Waals surface area (Å²) in [5.74, 6) is 0. The van der Waals surface area contributed by atoms with Crippen LogP contribution in [0.5, 0.6) is 0 Å². The standard InChI is InChI=1S/C15H28/c1-3-5-7-9-11-13-15-14-12-10-8-6-4-2/h7,9H,1-6,8,10-15H2/b9-7+. The van der Waals surface area contributed by atoms with Crippen molar-refractivity contribution >= 4 is 0 Å². The highest BCUT2D eigenvalue weighted by Gasteiger charge is 1.90. The van der Waals surface area contributed by atoms with Crippen molar-refractivity contribution in [2.75, 3.05) is 0 Å². The maximum absolute atomic E-state index is 3.86. The molecule has 0 aliphatic heterocycles. The van der Waals surface area contributed by atoms with E-state index in [-0.39, 0.29) is 0 Å². The zero-order chi connectivity index (χ0) is 11.2. The zero-order valence-electron chi connectivity index (χ0n) is 10.3. The van der Waals surface area contributed by atoms with Crippen molar-refractivity contribution in [1.29, 1.82) is 0 Å². The highest BCUT2D eigenvalue weighted by atomic mass is 14.0. The molecule has 0 rings (SSSR count). The Morgan fingerprint density at radius 2 is 1.07 bits per heavy atom. The highest BCUT2D eigenvalue weighted by Crippen LogP contribution is 2.09. The van der Waals surface area contributed by atoms with Gasteiger partial charge in [-0.2, -0.15) is 0 Å². The summed E-state index contributed by atoms with van der Waals surface area (Å²) in [6.07, 6.45) is 18.8. The smallest absolute Gasteiger partial charge is 0.0351 e. The molecule has 0 amide bonds. The second-order valence-corrected chi connectivity index (χ2v) is 4.23. The second kappa shape index (κ2) is 13.7. The first-order chi connectivity index (χ1) is 7.41. The molecule has 0 spiro atoms. The number of allylic oxidation sites excluding steroid dienone is 2. The molecular weight excluding hydrogens is 180 g/mol. The van der Waals surface area contributed by atoms with Gasteiger partial charge in [-0.1, -0.05) is 70.9 Å². The van der Waals surface area contributed by atoms with Gasteiger partial charge in [0.2, 0.25) is 0 Å². The van der Waals surface area contributed by atoms with Crippen molar-refractivity contribution in [2.45, 2.75) is 70.6 Å². The molecule has 0 aromatic heterocycles.